The number of ether oxygens (including phenoxy) is 2. The maximum absolute atomic E-state index is 11.5. The maximum atomic E-state index is 11.5. The molecule has 2 atom stereocenters. The van der Waals surface area contributed by atoms with Crippen LogP contribution in [0.2, 0.25) is 0 Å². The van der Waals surface area contributed by atoms with Crippen molar-refractivity contribution in [1.82, 2.24) is 0 Å². The van der Waals surface area contributed by atoms with Crippen LogP contribution < -0.4 is 0 Å². The first kappa shape index (κ1) is 13.2. The minimum Gasteiger partial charge on any atom is -0.479 e. The van der Waals surface area contributed by atoms with Gasteiger partial charge in [0.25, 0.3) is 0 Å². The molecule has 1 heterocycles. The van der Waals surface area contributed by atoms with Gasteiger partial charge in [0.15, 0.2) is 12.2 Å². The summed E-state index contributed by atoms with van der Waals surface area (Å²) in [6.07, 6.45) is -1.26. The molecule has 1 aliphatic rings. The number of cyclic esters (lactones) is 1. The van der Waals surface area contributed by atoms with Gasteiger partial charge >= 0.3 is 17.9 Å². The molecular weight excluding hydrogens is 228 g/mol. The topological polar surface area (TPSA) is 89.9 Å². The summed E-state index contributed by atoms with van der Waals surface area (Å²) in [5.74, 6) is -2.68. The number of carboxylic acids is 1. The highest BCUT2D eigenvalue weighted by atomic mass is 16.6. The molecule has 0 aromatic rings. The molecule has 0 radical (unpaired) electrons. The van der Waals surface area contributed by atoms with Crippen molar-refractivity contribution in [3.8, 4) is 0 Å². The van der Waals surface area contributed by atoms with Crippen molar-refractivity contribution in [2.24, 2.45) is 0 Å². The van der Waals surface area contributed by atoms with E-state index in [0.717, 1.165) is 0 Å². The Morgan fingerprint density at radius 1 is 1.47 bits per heavy atom. The van der Waals surface area contributed by atoms with E-state index < -0.39 is 30.1 Å². The first-order valence-electron chi connectivity index (χ1n) is 5.21. The molecule has 1 N–H and O–H groups in total. The van der Waals surface area contributed by atoms with Crippen LogP contribution >= 0.6 is 0 Å². The molecule has 1 aliphatic heterocycles. The number of hydrogen-bond donors (Lipinski definition) is 1. The van der Waals surface area contributed by atoms with Gasteiger partial charge in [0, 0.05) is 5.57 Å². The van der Waals surface area contributed by atoms with Crippen LogP contribution in [0.15, 0.2) is 12.2 Å². The summed E-state index contributed by atoms with van der Waals surface area (Å²) in [7, 11) is 0. The monoisotopic (exact) mass is 242 g/mol. The summed E-state index contributed by atoms with van der Waals surface area (Å²) >= 11 is 0. The van der Waals surface area contributed by atoms with Crippen molar-refractivity contribution in [1.29, 1.82) is 0 Å². The third-order valence-electron chi connectivity index (χ3n) is 2.33. The van der Waals surface area contributed by atoms with Crippen molar-refractivity contribution in [2.45, 2.75) is 38.4 Å². The fraction of sp³-hybridized carbons (Fsp3) is 0.545. The number of carbonyl (C=O) groups excluding carboxylic acids is 2. The van der Waals surface area contributed by atoms with E-state index in [0.29, 0.717) is 6.42 Å². The highest BCUT2D eigenvalue weighted by Crippen LogP contribution is 2.18. The predicted octanol–water partition coefficient (Wildman–Crippen LogP) is 0.655. The number of carboxylic acid groups (broad SMARTS) is 1. The summed E-state index contributed by atoms with van der Waals surface area (Å²) < 4.78 is 9.59. The molecule has 0 bridgehead atoms. The largest absolute Gasteiger partial charge is 0.479 e. The summed E-state index contributed by atoms with van der Waals surface area (Å²) in [6, 6.07) is 0. The predicted molar refractivity (Wildman–Crippen MR) is 56.1 cm³/mol. The Morgan fingerprint density at radius 2 is 2.12 bits per heavy atom. The van der Waals surface area contributed by atoms with Gasteiger partial charge in [0.1, 0.15) is 0 Å². The van der Waals surface area contributed by atoms with E-state index in [-0.39, 0.29) is 18.4 Å². The van der Waals surface area contributed by atoms with E-state index in [9.17, 15) is 14.4 Å². The minimum atomic E-state index is -1.19. The standard InChI is InChI=1S/C11H14O6/c1-6(2)10(14)17-8-5-3-4-7(9(12)13)16-11(8)15/h7-8H,1,3-5H2,2H3,(H,12,13). The third kappa shape index (κ3) is 3.58. The molecule has 6 heteroatoms. The minimum absolute atomic E-state index is 0.178. The quantitative estimate of drug-likeness (QED) is 0.577. The van der Waals surface area contributed by atoms with Gasteiger partial charge < -0.3 is 14.6 Å². The first-order chi connectivity index (χ1) is 7.91. The molecular formula is C11H14O6. The normalized spacial score (nSPS) is 24.4. The van der Waals surface area contributed by atoms with E-state index in [1.807, 2.05) is 0 Å². The molecule has 0 spiro atoms. The molecule has 0 aliphatic carbocycles. The molecule has 0 saturated carbocycles. The van der Waals surface area contributed by atoms with Crippen LogP contribution in [-0.4, -0.2) is 35.2 Å². The lowest BCUT2D eigenvalue weighted by atomic mass is 10.1. The molecule has 17 heavy (non-hydrogen) atoms. The van der Waals surface area contributed by atoms with Gasteiger partial charge in [-0.3, -0.25) is 0 Å². The highest BCUT2D eigenvalue weighted by molar-refractivity contribution is 5.90. The summed E-state index contributed by atoms with van der Waals surface area (Å²) in [6.45, 7) is 4.85. The Bertz CT molecular complexity index is 359. The number of rotatable bonds is 3. The smallest absolute Gasteiger partial charge is 0.348 e. The number of carbonyl (C=O) groups is 3. The van der Waals surface area contributed by atoms with Gasteiger partial charge in [-0.2, -0.15) is 0 Å². The van der Waals surface area contributed by atoms with Crippen molar-refractivity contribution in [3.63, 3.8) is 0 Å². The average Bonchev–Trinajstić information content (AvgIpc) is 2.41. The summed E-state index contributed by atoms with van der Waals surface area (Å²) in [4.78, 5) is 33.4. The van der Waals surface area contributed by atoms with Gasteiger partial charge in [-0.05, 0) is 26.2 Å². The Balaban J connectivity index is 2.64. The second-order valence-electron chi connectivity index (χ2n) is 3.87. The second-order valence-corrected chi connectivity index (χ2v) is 3.87. The summed E-state index contributed by atoms with van der Waals surface area (Å²) in [5, 5.41) is 8.74. The molecule has 94 valence electrons. The fourth-order valence-corrected chi connectivity index (χ4v) is 1.39. The molecule has 1 saturated heterocycles. The van der Waals surface area contributed by atoms with Crippen molar-refractivity contribution >= 4 is 17.9 Å². The lowest BCUT2D eigenvalue weighted by molar-refractivity contribution is -0.173. The third-order valence-corrected chi connectivity index (χ3v) is 2.33. The Hall–Kier alpha value is -1.85. The van der Waals surface area contributed by atoms with Gasteiger partial charge in [-0.1, -0.05) is 6.58 Å². The SMILES string of the molecule is C=C(C)C(=O)OC1CCCC(C(=O)O)OC1=O. The van der Waals surface area contributed by atoms with E-state index in [1.165, 1.54) is 6.92 Å². The van der Waals surface area contributed by atoms with E-state index in [4.69, 9.17) is 14.6 Å². The molecule has 1 rings (SSSR count). The van der Waals surface area contributed by atoms with Crippen LogP contribution in [0.1, 0.15) is 26.2 Å². The van der Waals surface area contributed by atoms with Crippen LogP contribution in [0, 0.1) is 0 Å². The van der Waals surface area contributed by atoms with Crippen LogP contribution in [0.4, 0.5) is 0 Å². The fourth-order valence-electron chi connectivity index (χ4n) is 1.39. The van der Waals surface area contributed by atoms with E-state index >= 15 is 0 Å². The van der Waals surface area contributed by atoms with Crippen LogP contribution in [0.25, 0.3) is 0 Å². The highest BCUT2D eigenvalue weighted by Gasteiger charge is 2.33. The molecule has 2 unspecified atom stereocenters. The van der Waals surface area contributed by atoms with Crippen LogP contribution in [0.5, 0.6) is 0 Å². The zero-order valence-corrected chi connectivity index (χ0v) is 9.47. The summed E-state index contributed by atoms with van der Waals surface area (Å²) in [5.41, 5.74) is 0.178. The first-order valence-corrected chi connectivity index (χ1v) is 5.21. The lowest BCUT2D eigenvalue weighted by Crippen LogP contribution is -2.32. The number of esters is 2. The number of hydrogen-bond acceptors (Lipinski definition) is 5. The van der Waals surface area contributed by atoms with Gasteiger partial charge in [-0.15, -0.1) is 0 Å². The molecule has 1 fully saturated rings. The zero-order chi connectivity index (χ0) is 13.0. The molecule has 0 amide bonds. The second kappa shape index (κ2) is 5.47. The molecule has 6 nitrogen and oxygen atoms in total. The van der Waals surface area contributed by atoms with E-state index in [1.54, 1.807) is 0 Å². The van der Waals surface area contributed by atoms with Gasteiger partial charge in [0.2, 0.25) is 0 Å². The van der Waals surface area contributed by atoms with Crippen molar-refractivity contribution in [3.05, 3.63) is 12.2 Å². The molecule has 0 aromatic carbocycles. The Morgan fingerprint density at radius 3 is 2.65 bits per heavy atom. The van der Waals surface area contributed by atoms with Crippen LogP contribution in [0.3, 0.4) is 0 Å². The average molecular weight is 242 g/mol. The lowest BCUT2D eigenvalue weighted by Gasteiger charge is -2.14. The maximum Gasteiger partial charge on any atom is 0.348 e. The zero-order valence-electron chi connectivity index (χ0n) is 9.47. The van der Waals surface area contributed by atoms with E-state index in [2.05, 4.69) is 6.58 Å². The Kier molecular flexibility index (Phi) is 4.25. The Labute approximate surface area is 98.2 Å². The van der Waals surface area contributed by atoms with Crippen LogP contribution in [-0.2, 0) is 23.9 Å². The van der Waals surface area contributed by atoms with Gasteiger partial charge in [-0.25, -0.2) is 14.4 Å². The van der Waals surface area contributed by atoms with Crippen molar-refractivity contribution < 1.29 is 29.0 Å². The molecule has 0 aromatic heterocycles. The van der Waals surface area contributed by atoms with Gasteiger partial charge in [0.05, 0.1) is 0 Å². The number of aliphatic carboxylic acids is 1. The van der Waals surface area contributed by atoms with Crippen molar-refractivity contribution in [2.75, 3.05) is 0 Å².